The molecule has 0 aliphatic heterocycles. The monoisotopic (exact) mass is 479 g/mol. The number of nitrogens with zero attached hydrogens (tertiary/aromatic N) is 1. The van der Waals surface area contributed by atoms with Crippen LogP contribution in [0.15, 0.2) is 36.4 Å². The van der Waals surface area contributed by atoms with E-state index in [9.17, 15) is 46.0 Å². The zero-order valence-corrected chi connectivity index (χ0v) is 16.6. The van der Waals surface area contributed by atoms with Crippen LogP contribution in [0.5, 0.6) is 5.75 Å². The van der Waals surface area contributed by atoms with E-state index in [0.717, 1.165) is 12.1 Å². The lowest BCUT2D eigenvalue weighted by Crippen LogP contribution is -2.46. The number of carbonyl (C=O) groups is 2. The van der Waals surface area contributed by atoms with Crippen LogP contribution >= 0.6 is 0 Å². The number of nitrogens with one attached hydrogen (secondary N) is 1. The van der Waals surface area contributed by atoms with Gasteiger partial charge in [0, 0.05) is 29.7 Å². The minimum atomic E-state index is -5.18. The summed E-state index contributed by atoms with van der Waals surface area (Å²) in [6.45, 7) is 0. The Morgan fingerprint density at radius 3 is 2.03 bits per heavy atom. The van der Waals surface area contributed by atoms with Crippen molar-refractivity contribution in [2.24, 2.45) is 5.73 Å². The number of nitro groups is 1. The Morgan fingerprint density at radius 1 is 1.06 bits per heavy atom. The predicted molar refractivity (Wildman–Crippen MR) is 100 cm³/mol. The number of primary amides is 1. The minimum Gasteiger partial charge on any atom is -0.496 e. The van der Waals surface area contributed by atoms with Crippen molar-refractivity contribution in [1.29, 1.82) is 0 Å². The fourth-order valence-electron chi connectivity index (χ4n) is 2.81. The molecule has 0 fully saturated rings. The number of carbonyl (C=O) groups excluding carboxylic acids is 2. The third-order valence-electron chi connectivity index (χ3n) is 4.40. The van der Waals surface area contributed by atoms with Crippen molar-refractivity contribution < 1.29 is 45.6 Å². The third-order valence-corrected chi connectivity index (χ3v) is 4.40. The van der Waals surface area contributed by atoms with E-state index in [1.54, 1.807) is 0 Å². The molecule has 3 N–H and O–H groups in total. The lowest BCUT2D eigenvalue weighted by Gasteiger charge is -2.18. The molecule has 0 saturated carbocycles. The first-order chi connectivity index (χ1) is 15.1. The highest BCUT2D eigenvalue weighted by atomic mass is 19.4. The molecule has 0 unspecified atom stereocenters. The molecule has 178 valence electrons. The molecule has 2 amide bonds. The zero-order chi connectivity index (χ0) is 25.1. The molecule has 0 bridgehead atoms. The van der Waals surface area contributed by atoms with Gasteiger partial charge in [0.2, 0.25) is 5.91 Å². The second-order valence-electron chi connectivity index (χ2n) is 6.68. The van der Waals surface area contributed by atoms with E-state index in [1.165, 1.54) is 13.2 Å². The normalized spacial score (nSPS) is 12.7. The summed E-state index contributed by atoms with van der Waals surface area (Å²) in [4.78, 5) is 34.5. The van der Waals surface area contributed by atoms with E-state index in [2.05, 4.69) is 0 Å². The van der Waals surface area contributed by atoms with Crippen molar-refractivity contribution in [3.05, 3.63) is 68.8 Å². The van der Waals surface area contributed by atoms with Gasteiger partial charge in [-0.25, -0.2) is 0 Å². The summed E-state index contributed by atoms with van der Waals surface area (Å²) in [6.07, 6.45) is -10.9. The van der Waals surface area contributed by atoms with E-state index in [-0.39, 0.29) is 29.5 Å². The number of hydrogen-bond donors (Lipinski definition) is 2. The van der Waals surface area contributed by atoms with Crippen molar-refractivity contribution in [1.82, 2.24) is 5.32 Å². The molecule has 14 heteroatoms. The maximum atomic E-state index is 13.0. The van der Waals surface area contributed by atoms with Gasteiger partial charge in [-0.05, 0) is 24.3 Å². The fraction of sp³-hybridized carbons (Fsp3) is 0.263. The lowest BCUT2D eigenvalue weighted by molar-refractivity contribution is -0.384. The Hall–Kier alpha value is -3.84. The van der Waals surface area contributed by atoms with Gasteiger partial charge >= 0.3 is 12.4 Å². The van der Waals surface area contributed by atoms with Gasteiger partial charge in [0.1, 0.15) is 11.8 Å². The number of hydrogen-bond acceptors (Lipinski definition) is 5. The first kappa shape index (κ1) is 25.4. The number of alkyl halides is 6. The van der Waals surface area contributed by atoms with Crippen LogP contribution in [0, 0.1) is 10.1 Å². The maximum Gasteiger partial charge on any atom is 0.416 e. The van der Waals surface area contributed by atoms with Crippen molar-refractivity contribution >= 4 is 17.5 Å². The van der Waals surface area contributed by atoms with Crippen molar-refractivity contribution in [3.63, 3.8) is 0 Å². The molecule has 2 rings (SSSR count). The molecule has 33 heavy (non-hydrogen) atoms. The Kier molecular flexibility index (Phi) is 7.19. The molecule has 0 aliphatic rings. The molecular formula is C19H15F6N3O5. The van der Waals surface area contributed by atoms with Gasteiger partial charge in [-0.15, -0.1) is 0 Å². The number of ether oxygens (including phenoxy) is 1. The molecule has 8 nitrogen and oxygen atoms in total. The molecule has 2 aromatic rings. The number of halogens is 6. The first-order valence-corrected chi connectivity index (χ1v) is 8.84. The Balaban J connectivity index is 2.42. The van der Waals surface area contributed by atoms with Gasteiger partial charge in [0.25, 0.3) is 11.6 Å². The smallest absolute Gasteiger partial charge is 0.416 e. The van der Waals surface area contributed by atoms with E-state index < -0.39 is 63.9 Å². The summed E-state index contributed by atoms with van der Waals surface area (Å²) in [5.74, 6) is -2.57. The molecule has 0 saturated heterocycles. The fourth-order valence-corrected chi connectivity index (χ4v) is 2.81. The second-order valence-corrected chi connectivity index (χ2v) is 6.68. The van der Waals surface area contributed by atoms with E-state index in [4.69, 9.17) is 10.5 Å². The van der Waals surface area contributed by atoms with Crippen LogP contribution in [0.4, 0.5) is 32.0 Å². The van der Waals surface area contributed by atoms with Crippen molar-refractivity contribution in [2.75, 3.05) is 7.11 Å². The number of benzene rings is 2. The number of rotatable bonds is 7. The van der Waals surface area contributed by atoms with Crippen LogP contribution in [0.2, 0.25) is 0 Å². The molecule has 0 spiro atoms. The van der Waals surface area contributed by atoms with Crippen molar-refractivity contribution in [3.8, 4) is 5.75 Å². The highest BCUT2D eigenvalue weighted by Gasteiger charge is 2.37. The topological polar surface area (TPSA) is 125 Å². The summed E-state index contributed by atoms with van der Waals surface area (Å²) in [6, 6.07) is 1.91. The highest BCUT2D eigenvalue weighted by Crippen LogP contribution is 2.36. The molecule has 0 aromatic heterocycles. The van der Waals surface area contributed by atoms with Crippen LogP contribution in [0.3, 0.4) is 0 Å². The maximum absolute atomic E-state index is 13.0. The predicted octanol–water partition coefficient (Wildman–Crippen LogP) is 3.47. The summed E-state index contributed by atoms with van der Waals surface area (Å²) in [5, 5.41) is 12.9. The zero-order valence-electron chi connectivity index (χ0n) is 16.6. The van der Waals surface area contributed by atoms with Gasteiger partial charge in [0.15, 0.2) is 0 Å². The number of nitrogens with two attached hydrogens (primary N) is 1. The van der Waals surface area contributed by atoms with Crippen molar-refractivity contribution in [2.45, 2.75) is 24.8 Å². The standard InChI is InChI=1S/C19H15F6N3O5/c1-33-15-3-2-13(28(31)32)6-9(15)7-14(16(26)29)27-17(30)10-4-11(18(20,21)22)8-12(5-10)19(23,24)25/h2-6,8,14H,7H2,1H3,(H2,26,29)(H,27,30)/t14-/m0/s1. The SMILES string of the molecule is COc1ccc([N+](=O)[O-])cc1C[C@H](NC(=O)c1cc(C(F)(F)F)cc(C(F)(F)F)c1)C(N)=O. The van der Waals surface area contributed by atoms with Gasteiger partial charge in [-0.1, -0.05) is 0 Å². The molecule has 1 atom stereocenters. The van der Waals surface area contributed by atoms with Gasteiger partial charge in [-0.2, -0.15) is 26.3 Å². The van der Waals surface area contributed by atoms with E-state index >= 15 is 0 Å². The molecular weight excluding hydrogens is 464 g/mol. The Morgan fingerprint density at radius 2 is 1.61 bits per heavy atom. The average molecular weight is 479 g/mol. The summed E-state index contributed by atoms with van der Waals surface area (Å²) >= 11 is 0. The van der Waals surface area contributed by atoms with Crippen LogP contribution in [-0.2, 0) is 23.6 Å². The number of amides is 2. The Labute approximate surface area is 181 Å². The van der Waals surface area contributed by atoms with Gasteiger partial charge in [0.05, 0.1) is 23.2 Å². The van der Waals surface area contributed by atoms with E-state index in [0.29, 0.717) is 0 Å². The molecule has 0 heterocycles. The molecule has 0 radical (unpaired) electrons. The first-order valence-electron chi connectivity index (χ1n) is 8.84. The minimum absolute atomic E-state index is 0.0378. The Bertz CT molecular complexity index is 1050. The summed E-state index contributed by atoms with van der Waals surface area (Å²) in [7, 11) is 1.21. The van der Waals surface area contributed by atoms with Gasteiger partial charge < -0.3 is 15.8 Å². The average Bonchev–Trinajstić information content (AvgIpc) is 2.71. The third kappa shape index (κ3) is 6.33. The van der Waals surface area contributed by atoms with Crippen LogP contribution in [0.25, 0.3) is 0 Å². The largest absolute Gasteiger partial charge is 0.496 e. The summed E-state index contributed by atoms with van der Waals surface area (Å²) < 4.78 is 83.2. The quantitative estimate of drug-likeness (QED) is 0.358. The van der Waals surface area contributed by atoms with Crippen LogP contribution in [-0.4, -0.2) is 29.9 Å². The second kappa shape index (κ2) is 9.34. The number of non-ortho nitro benzene ring substituents is 1. The number of nitro benzene ring substituents is 1. The highest BCUT2D eigenvalue weighted by molar-refractivity contribution is 5.97. The lowest BCUT2D eigenvalue weighted by atomic mass is 10.0. The van der Waals surface area contributed by atoms with Crippen LogP contribution in [0.1, 0.15) is 27.0 Å². The van der Waals surface area contributed by atoms with Gasteiger partial charge in [-0.3, -0.25) is 19.7 Å². The molecule has 0 aliphatic carbocycles. The van der Waals surface area contributed by atoms with E-state index in [1.807, 2.05) is 5.32 Å². The van der Waals surface area contributed by atoms with Crippen LogP contribution < -0.4 is 15.8 Å². The summed E-state index contributed by atoms with van der Waals surface area (Å²) in [5.41, 5.74) is 0.386. The number of methoxy groups -OCH3 is 1. The molecule has 2 aromatic carbocycles.